The number of carbonyl (C=O) groups excluding carboxylic acids is 3. The highest BCUT2D eigenvalue weighted by atomic mass is 16.3. The van der Waals surface area contributed by atoms with Crippen molar-refractivity contribution in [1.29, 1.82) is 0 Å². The van der Waals surface area contributed by atoms with Crippen LogP contribution in [0.4, 0.5) is 5.69 Å². The summed E-state index contributed by atoms with van der Waals surface area (Å²) < 4.78 is 0. The Kier molecular flexibility index (Phi) is 3.14. The number of amides is 3. The second-order valence-corrected chi connectivity index (χ2v) is 6.71. The van der Waals surface area contributed by atoms with Gasteiger partial charge in [-0.2, -0.15) is 0 Å². The van der Waals surface area contributed by atoms with E-state index < -0.39 is 5.91 Å². The maximum absolute atomic E-state index is 12.5. The van der Waals surface area contributed by atoms with Gasteiger partial charge < -0.3 is 10.4 Å². The summed E-state index contributed by atoms with van der Waals surface area (Å²) in [5.74, 6) is -0.701. The van der Waals surface area contributed by atoms with Crippen molar-refractivity contribution in [2.24, 2.45) is 23.7 Å². The molecule has 2 aliphatic carbocycles. The lowest BCUT2D eigenvalue weighted by molar-refractivity contribution is -0.143. The Balaban J connectivity index is 1.47. The van der Waals surface area contributed by atoms with Crippen molar-refractivity contribution in [2.45, 2.75) is 19.3 Å². The first-order valence-electron chi connectivity index (χ1n) is 7.99. The highest BCUT2D eigenvalue weighted by Crippen LogP contribution is 2.56. The van der Waals surface area contributed by atoms with Crippen LogP contribution in [-0.2, 0) is 14.4 Å². The average Bonchev–Trinajstić information content (AvgIpc) is 3.19. The highest BCUT2D eigenvalue weighted by Gasteiger charge is 2.60. The van der Waals surface area contributed by atoms with Crippen LogP contribution in [0.25, 0.3) is 0 Å². The molecular weight excluding hydrogens is 296 g/mol. The van der Waals surface area contributed by atoms with Crippen LogP contribution in [0, 0.1) is 23.7 Å². The van der Waals surface area contributed by atoms with Gasteiger partial charge in [0.25, 0.3) is 0 Å². The average molecular weight is 314 g/mol. The van der Waals surface area contributed by atoms with Crippen LogP contribution in [-0.4, -0.2) is 34.3 Å². The Bertz CT molecular complexity index is 674. The fourth-order valence-electron chi connectivity index (χ4n) is 4.54. The molecule has 6 heteroatoms. The van der Waals surface area contributed by atoms with Gasteiger partial charge >= 0.3 is 0 Å². The van der Waals surface area contributed by atoms with Crippen LogP contribution in [0.15, 0.2) is 24.3 Å². The lowest BCUT2D eigenvalue weighted by Gasteiger charge is -2.19. The molecular formula is C17H18N2O4. The van der Waals surface area contributed by atoms with Gasteiger partial charge in [0.15, 0.2) is 0 Å². The van der Waals surface area contributed by atoms with Crippen molar-refractivity contribution < 1.29 is 19.5 Å². The van der Waals surface area contributed by atoms with Gasteiger partial charge in [0.2, 0.25) is 17.7 Å². The molecule has 0 unspecified atom stereocenters. The van der Waals surface area contributed by atoms with Gasteiger partial charge in [0.1, 0.15) is 12.3 Å². The molecule has 120 valence electrons. The standard InChI is InChI=1S/C17H18N2O4/c20-12-4-2-1-3-11(12)18-13(21)8-19-16(22)14-9-5-6-10(7-9)15(14)17(19)23/h1-4,9-10,14-15,20H,5-8H2,(H,18,21)/t9-,10+,14-,15-/m0/s1. The summed E-state index contributed by atoms with van der Waals surface area (Å²) in [5.41, 5.74) is 0.275. The molecule has 3 fully saturated rings. The lowest BCUT2D eigenvalue weighted by atomic mass is 9.81. The number of nitrogens with zero attached hydrogens (tertiary/aromatic N) is 1. The number of fused-ring (bicyclic) bond motifs is 5. The van der Waals surface area contributed by atoms with Crippen LogP contribution < -0.4 is 5.32 Å². The normalized spacial score (nSPS) is 31.6. The number of aromatic hydroxyl groups is 1. The maximum Gasteiger partial charge on any atom is 0.244 e. The number of hydrogen-bond acceptors (Lipinski definition) is 4. The van der Waals surface area contributed by atoms with E-state index in [0.717, 1.165) is 24.2 Å². The van der Waals surface area contributed by atoms with Crippen LogP contribution in [0.2, 0.25) is 0 Å². The molecule has 1 saturated heterocycles. The van der Waals surface area contributed by atoms with Crippen LogP contribution >= 0.6 is 0 Å². The molecule has 1 aliphatic heterocycles. The number of carbonyl (C=O) groups is 3. The summed E-state index contributed by atoms with van der Waals surface area (Å²) in [6.07, 6.45) is 3.01. The monoisotopic (exact) mass is 314 g/mol. The Morgan fingerprint density at radius 3 is 2.35 bits per heavy atom. The minimum atomic E-state index is -0.472. The SMILES string of the molecule is O=C(CN1C(=O)[C@H]2[C@@H]3CC[C@@H](C3)[C@@H]2C1=O)Nc1ccccc1O. The quantitative estimate of drug-likeness (QED) is 0.651. The molecule has 2 N–H and O–H groups in total. The minimum Gasteiger partial charge on any atom is -0.506 e. The van der Waals surface area contributed by atoms with Gasteiger partial charge in [-0.15, -0.1) is 0 Å². The molecule has 4 rings (SSSR count). The van der Waals surface area contributed by atoms with Crippen LogP contribution in [0.1, 0.15) is 19.3 Å². The molecule has 23 heavy (non-hydrogen) atoms. The van der Waals surface area contributed by atoms with Gasteiger partial charge in [-0.05, 0) is 43.2 Å². The Morgan fingerprint density at radius 1 is 1.13 bits per heavy atom. The first-order chi connectivity index (χ1) is 11.1. The largest absolute Gasteiger partial charge is 0.506 e. The van der Waals surface area contributed by atoms with Crippen molar-refractivity contribution in [1.82, 2.24) is 4.90 Å². The third kappa shape index (κ3) is 2.12. The van der Waals surface area contributed by atoms with Crippen molar-refractivity contribution in [3.05, 3.63) is 24.3 Å². The van der Waals surface area contributed by atoms with Gasteiger partial charge in [-0.3, -0.25) is 19.3 Å². The molecule has 4 atom stereocenters. The molecule has 6 nitrogen and oxygen atoms in total. The van der Waals surface area contributed by atoms with E-state index in [1.807, 2.05) is 0 Å². The van der Waals surface area contributed by atoms with E-state index in [0.29, 0.717) is 11.8 Å². The Labute approximate surface area is 133 Å². The zero-order chi connectivity index (χ0) is 16.1. The molecule has 1 aromatic carbocycles. The maximum atomic E-state index is 12.5. The van der Waals surface area contributed by atoms with Crippen LogP contribution in [0.5, 0.6) is 5.75 Å². The Hall–Kier alpha value is -2.37. The lowest BCUT2D eigenvalue weighted by Crippen LogP contribution is -2.39. The fourth-order valence-corrected chi connectivity index (χ4v) is 4.54. The molecule has 1 heterocycles. The van der Waals surface area contributed by atoms with Crippen molar-refractivity contribution >= 4 is 23.4 Å². The number of anilines is 1. The zero-order valence-corrected chi connectivity index (χ0v) is 12.6. The summed E-state index contributed by atoms with van der Waals surface area (Å²) in [6.45, 7) is -0.279. The summed E-state index contributed by atoms with van der Waals surface area (Å²) in [7, 11) is 0. The second-order valence-electron chi connectivity index (χ2n) is 6.71. The van der Waals surface area contributed by atoms with E-state index in [9.17, 15) is 19.5 Å². The first kappa shape index (κ1) is 14.2. The predicted molar refractivity (Wildman–Crippen MR) is 81.3 cm³/mol. The van der Waals surface area contributed by atoms with Gasteiger partial charge in [0, 0.05) is 0 Å². The van der Waals surface area contributed by atoms with Gasteiger partial charge in [0.05, 0.1) is 17.5 Å². The molecule has 3 aliphatic rings. The number of likely N-dealkylation sites (tertiary alicyclic amines) is 1. The molecule has 2 saturated carbocycles. The van der Waals surface area contributed by atoms with E-state index in [2.05, 4.69) is 5.32 Å². The smallest absolute Gasteiger partial charge is 0.244 e. The van der Waals surface area contributed by atoms with Crippen LogP contribution in [0.3, 0.4) is 0 Å². The number of phenolic OH excluding ortho intramolecular Hbond substituents is 1. The van der Waals surface area contributed by atoms with E-state index in [1.165, 1.54) is 6.07 Å². The topological polar surface area (TPSA) is 86.7 Å². The molecule has 1 aromatic rings. The number of phenols is 1. The summed E-state index contributed by atoms with van der Waals surface area (Å²) >= 11 is 0. The van der Waals surface area contributed by atoms with Gasteiger partial charge in [-0.25, -0.2) is 0 Å². The third-order valence-corrected chi connectivity index (χ3v) is 5.50. The summed E-state index contributed by atoms with van der Waals surface area (Å²) in [4.78, 5) is 38.3. The Morgan fingerprint density at radius 2 is 1.74 bits per heavy atom. The molecule has 2 bridgehead atoms. The third-order valence-electron chi connectivity index (χ3n) is 5.50. The van der Waals surface area contributed by atoms with Crippen molar-refractivity contribution in [3.63, 3.8) is 0 Å². The number of benzene rings is 1. The number of nitrogens with one attached hydrogen (secondary N) is 1. The molecule has 0 radical (unpaired) electrons. The van der Waals surface area contributed by atoms with Crippen molar-refractivity contribution in [3.8, 4) is 5.75 Å². The minimum absolute atomic E-state index is 0.0464. The van der Waals surface area contributed by atoms with E-state index in [1.54, 1.807) is 18.2 Å². The van der Waals surface area contributed by atoms with E-state index >= 15 is 0 Å². The predicted octanol–water partition coefficient (Wildman–Crippen LogP) is 1.36. The first-order valence-corrected chi connectivity index (χ1v) is 7.99. The van der Waals surface area contributed by atoms with Gasteiger partial charge in [-0.1, -0.05) is 12.1 Å². The number of rotatable bonds is 3. The summed E-state index contributed by atoms with van der Waals surface area (Å²) in [6, 6.07) is 6.36. The zero-order valence-electron chi connectivity index (χ0n) is 12.6. The summed E-state index contributed by atoms with van der Waals surface area (Å²) in [5, 5.41) is 12.2. The fraction of sp³-hybridized carbons (Fsp3) is 0.471. The highest BCUT2D eigenvalue weighted by molar-refractivity contribution is 6.09. The number of hydrogen-bond donors (Lipinski definition) is 2. The van der Waals surface area contributed by atoms with E-state index in [-0.39, 0.29) is 41.6 Å². The molecule has 3 amide bonds. The molecule has 0 aromatic heterocycles. The second kappa shape index (κ2) is 5.08. The molecule has 0 spiro atoms. The van der Waals surface area contributed by atoms with Crippen molar-refractivity contribution in [2.75, 3.05) is 11.9 Å². The van der Waals surface area contributed by atoms with E-state index in [4.69, 9.17) is 0 Å². The number of para-hydroxylation sites is 2. The number of imide groups is 1.